The number of nitrogens with one attached hydrogen (secondary N) is 1. The van der Waals surface area contributed by atoms with Crippen LogP contribution in [0.4, 0.5) is 0 Å². The van der Waals surface area contributed by atoms with Crippen molar-refractivity contribution in [1.29, 1.82) is 0 Å². The normalized spacial score (nSPS) is 19.7. The number of carbonyl (C=O) groups excluding carboxylic acids is 1. The first-order valence-electron chi connectivity index (χ1n) is 5.35. The third kappa shape index (κ3) is 3.79. The molecule has 0 aromatic rings. The van der Waals surface area contributed by atoms with Crippen molar-refractivity contribution in [2.75, 3.05) is 39.9 Å². The lowest BCUT2D eigenvalue weighted by molar-refractivity contribution is -0.146. The number of ether oxygens (including phenoxy) is 1. The van der Waals surface area contributed by atoms with Crippen LogP contribution >= 0.6 is 0 Å². The van der Waals surface area contributed by atoms with Gasteiger partial charge in [-0.3, -0.25) is 9.59 Å². The molecule has 0 spiro atoms. The zero-order chi connectivity index (χ0) is 12.0. The minimum absolute atomic E-state index is 0.0868. The highest BCUT2D eigenvalue weighted by Gasteiger charge is 2.27. The van der Waals surface area contributed by atoms with Crippen molar-refractivity contribution in [3.05, 3.63) is 0 Å². The Morgan fingerprint density at radius 1 is 1.56 bits per heavy atom. The van der Waals surface area contributed by atoms with Gasteiger partial charge in [0.25, 0.3) is 0 Å². The molecule has 0 aromatic heterocycles. The smallest absolute Gasteiger partial charge is 0.323 e. The molecule has 6 nitrogen and oxygen atoms in total. The van der Waals surface area contributed by atoms with E-state index >= 15 is 0 Å². The number of rotatable bonds is 6. The number of amides is 1. The third-order valence-electron chi connectivity index (χ3n) is 2.61. The highest BCUT2D eigenvalue weighted by Crippen LogP contribution is 2.11. The maximum absolute atomic E-state index is 12.0. The molecule has 16 heavy (non-hydrogen) atoms. The van der Waals surface area contributed by atoms with Gasteiger partial charge in [-0.1, -0.05) is 0 Å². The average molecular weight is 230 g/mol. The Balaban J connectivity index is 2.51. The van der Waals surface area contributed by atoms with Crippen LogP contribution in [0.3, 0.4) is 0 Å². The molecular formula is C10H18N2O4. The zero-order valence-corrected chi connectivity index (χ0v) is 9.44. The standard InChI is InChI=1S/C10H18N2O4/c1-16-5-4-12(7-9(13)14)10(15)8-2-3-11-6-8/h8,11H,2-7H2,1H3,(H,13,14). The van der Waals surface area contributed by atoms with Crippen molar-refractivity contribution >= 4 is 11.9 Å². The van der Waals surface area contributed by atoms with Crippen molar-refractivity contribution in [3.8, 4) is 0 Å². The number of carboxylic acids is 1. The first-order valence-corrected chi connectivity index (χ1v) is 5.35. The van der Waals surface area contributed by atoms with Gasteiger partial charge in [0, 0.05) is 20.2 Å². The summed E-state index contributed by atoms with van der Waals surface area (Å²) < 4.78 is 4.86. The summed E-state index contributed by atoms with van der Waals surface area (Å²) in [5, 5.41) is 11.8. The predicted molar refractivity (Wildman–Crippen MR) is 57.1 cm³/mol. The summed E-state index contributed by atoms with van der Waals surface area (Å²) >= 11 is 0. The molecule has 2 N–H and O–H groups in total. The molecule has 0 radical (unpaired) electrons. The van der Waals surface area contributed by atoms with Gasteiger partial charge in [-0.05, 0) is 13.0 Å². The molecule has 1 heterocycles. The minimum atomic E-state index is -0.990. The monoisotopic (exact) mass is 230 g/mol. The Labute approximate surface area is 94.6 Å². The molecule has 1 rings (SSSR count). The van der Waals surface area contributed by atoms with Crippen molar-refractivity contribution in [2.24, 2.45) is 5.92 Å². The van der Waals surface area contributed by atoms with Gasteiger partial charge in [0.05, 0.1) is 12.5 Å². The second-order valence-corrected chi connectivity index (χ2v) is 3.84. The van der Waals surface area contributed by atoms with Crippen LogP contribution in [-0.2, 0) is 14.3 Å². The molecule has 1 unspecified atom stereocenters. The summed E-state index contributed by atoms with van der Waals surface area (Å²) in [6.45, 7) is 1.90. The van der Waals surface area contributed by atoms with E-state index in [1.54, 1.807) is 0 Å². The van der Waals surface area contributed by atoms with Gasteiger partial charge >= 0.3 is 5.97 Å². The van der Waals surface area contributed by atoms with E-state index < -0.39 is 5.97 Å². The molecule has 1 saturated heterocycles. The summed E-state index contributed by atoms with van der Waals surface area (Å²) in [6.07, 6.45) is 0.780. The summed E-state index contributed by atoms with van der Waals surface area (Å²) in [5.41, 5.74) is 0. The summed E-state index contributed by atoms with van der Waals surface area (Å²) in [7, 11) is 1.53. The quantitative estimate of drug-likeness (QED) is 0.621. The zero-order valence-electron chi connectivity index (χ0n) is 9.44. The van der Waals surface area contributed by atoms with Crippen LogP contribution in [0.15, 0.2) is 0 Å². The molecular weight excluding hydrogens is 212 g/mol. The lowest BCUT2D eigenvalue weighted by Crippen LogP contribution is -2.42. The second kappa shape index (κ2) is 6.44. The molecule has 1 fully saturated rings. The molecule has 6 heteroatoms. The SMILES string of the molecule is COCCN(CC(=O)O)C(=O)C1CCNC1. The van der Waals surface area contributed by atoms with Crippen molar-refractivity contribution < 1.29 is 19.4 Å². The number of hydrogen-bond donors (Lipinski definition) is 2. The molecule has 1 atom stereocenters. The molecule has 1 aliphatic rings. The average Bonchev–Trinajstić information content (AvgIpc) is 2.76. The number of hydrogen-bond acceptors (Lipinski definition) is 4. The van der Waals surface area contributed by atoms with Crippen molar-refractivity contribution in [1.82, 2.24) is 10.2 Å². The van der Waals surface area contributed by atoms with Gasteiger partial charge in [-0.15, -0.1) is 0 Å². The fraction of sp³-hybridized carbons (Fsp3) is 0.800. The van der Waals surface area contributed by atoms with Gasteiger partial charge in [-0.25, -0.2) is 0 Å². The van der Waals surface area contributed by atoms with Crippen molar-refractivity contribution in [3.63, 3.8) is 0 Å². The van der Waals surface area contributed by atoms with Gasteiger partial charge < -0.3 is 20.1 Å². The largest absolute Gasteiger partial charge is 0.480 e. The Kier molecular flexibility index (Phi) is 5.21. The number of aliphatic carboxylic acids is 1. The van der Waals surface area contributed by atoms with E-state index in [2.05, 4.69) is 5.32 Å². The lowest BCUT2D eigenvalue weighted by Gasteiger charge is -2.23. The van der Waals surface area contributed by atoms with Crippen LogP contribution in [0.25, 0.3) is 0 Å². The first-order chi connectivity index (χ1) is 7.65. The van der Waals surface area contributed by atoms with Crippen LogP contribution < -0.4 is 5.32 Å². The molecule has 1 aliphatic heterocycles. The van der Waals surface area contributed by atoms with Gasteiger partial charge in [0.1, 0.15) is 6.54 Å². The highest BCUT2D eigenvalue weighted by molar-refractivity contribution is 5.83. The molecule has 0 saturated carbocycles. The minimum Gasteiger partial charge on any atom is -0.480 e. The summed E-state index contributed by atoms with van der Waals surface area (Å²) in [5.74, 6) is -1.17. The first kappa shape index (κ1) is 12.9. The number of carbonyl (C=O) groups is 2. The van der Waals surface area contributed by atoms with Crippen LogP contribution in [0.1, 0.15) is 6.42 Å². The molecule has 1 amide bonds. The Morgan fingerprint density at radius 2 is 2.31 bits per heavy atom. The van der Waals surface area contributed by atoms with Crippen LogP contribution in [-0.4, -0.2) is 61.8 Å². The van der Waals surface area contributed by atoms with E-state index in [1.165, 1.54) is 12.0 Å². The molecule has 92 valence electrons. The summed E-state index contributed by atoms with van der Waals surface area (Å²) in [4.78, 5) is 23.9. The van der Waals surface area contributed by atoms with E-state index in [0.29, 0.717) is 19.7 Å². The maximum Gasteiger partial charge on any atom is 0.323 e. The third-order valence-corrected chi connectivity index (χ3v) is 2.61. The van der Waals surface area contributed by atoms with Crippen LogP contribution in [0.5, 0.6) is 0 Å². The van der Waals surface area contributed by atoms with E-state index in [0.717, 1.165) is 13.0 Å². The molecule has 0 aromatic carbocycles. The predicted octanol–water partition coefficient (Wildman–Crippen LogP) is -0.844. The fourth-order valence-electron chi connectivity index (χ4n) is 1.76. The van der Waals surface area contributed by atoms with E-state index in [4.69, 9.17) is 9.84 Å². The topological polar surface area (TPSA) is 78.9 Å². The number of carboxylic acid groups (broad SMARTS) is 1. The van der Waals surface area contributed by atoms with Gasteiger partial charge in [-0.2, -0.15) is 0 Å². The second-order valence-electron chi connectivity index (χ2n) is 3.84. The van der Waals surface area contributed by atoms with Gasteiger partial charge in [0.2, 0.25) is 5.91 Å². The Hall–Kier alpha value is -1.14. The fourth-order valence-corrected chi connectivity index (χ4v) is 1.76. The van der Waals surface area contributed by atoms with Crippen LogP contribution in [0, 0.1) is 5.92 Å². The van der Waals surface area contributed by atoms with Gasteiger partial charge in [0.15, 0.2) is 0 Å². The van der Waals surface area contributed by atoms with E-state index in [1.807, 2.05) is 0 Å². The van der Waals surface area contributed by atoms with E-state index in [9.17, 15) is 9.59 Å². The summed E-state index contributed by atoms with van der Waals surface area (Å²) in [6, 6.07) is 0. The number of nitrogens with zero attached hydrogens (tertiary/aromatic N) is 1. The number of methoxy groups -OCH3 is 1. The van der Waals surface area contributed by atoms with Crippen molar-refractivity contribution in [2.45, 2.75) is 6.42 Å². The molecule has 0 bridgehead atoms. The van der Waals surface area contributed by atoms with Crippen LogP contribution in [0.2, 0.25) is 0 Å². The molecule has 0 aliphatic carbocycles. The Bertz CT molecular complexity index is 251. The Morgan fingerprint density at radius 3 is 2.81 bits per heavy atom. The lowest BCUT2D eigenvalue weighted by atomic mass is 10.1. The maximum atomic E-state index is 12.0. The highest BCUT2D eigenvalue weighted by atomic mass is 16.5. The van der Waals surface area contributed by atoms with E-state index in [-0.39, 0.29) is 18.4 Å².